The van der Waals surface area contributed by atoms with Gasteiger partial charge in [-0.25, -0.2) is 9.97 Å². The smallest absolute Gasteiger partial charge is 0.151 e. The van der Waals surface area contributed by atoms with E-state index in [4.69, 9.17) is 5.41 Å². The summed E-state index contributed by atoms with van der Waals surface area (Å²) in [7, 11) is 0. The first-order chi connectivity index (χ1) is 10.9. The molecule has 0 atom stereocenters. The van der Waals surface area contributed by atoms with Crippen LogP contribution in [-0.4, -0.2) is 19.1 Å². The first-order valence-corrected chi connectivity index (χ1v) is 7.94. The molecule has 0 fully saturated rings. The zero-order valence-corrected chi connectivity index (χ0v) is 14.4. The Morgan fingerprint density at radius 1 is 1.17 bits per heavy atom. The van der Waals surface area contributed by atoms with Crippen molar-refractivity contribution in [2.75, 3.05) is 0 Å². The SMILES string of the molecule is Cc1ccnc(-n2c(C)c(C)c3c(=N)n(CC(C)C)cnc32)c1. The molecule has 0 bridgehead atoms. The van der Waals surface area contributed by atoms with E-state index < -0.39 is 0 Å². The van der Waals surface area contributed by atoms with Gasteiger partial charge in [0, 0.05) is 18.4 Å². The number of aromatic nitrogens is 4. The van der Waals surface area contributed by atoms with Crippen molar-refractivity contribution in [3.63, 3.8) is 0 Å². The normalized spacial score (nSPS) is 11.6. The summed E-state index contributed by atoms with van der Waals surface area (Å²) in [5.41, 5.74) is 4.67. The Morgan fingerprint density at radius 2 is 1.91 bits per heavy atom. The maximum Gasteiger partial charge on any atom is 0.151 e. The topological polar surface area (TPSA) is 59.5 Å². The van der Waals surface area contributed by atoms with Crippen LogP contribution in [0.1, 0.15) is 30.7 Å². The van der Waals surface area contributed by atoms with Gasteiger partial charge in [0.05, 0.1) is 11.7 Å². The standard InChI is InChI=1S/C18H23N5/c1-11(2)9-22-10-21-18-16(17(22)19)13(4)14(5)23(18)15-8-12(3)6-7-20-15/h6-8,10-11,19H,9H2,1-5H3. The van der Waals surface area contributed by atoms with Gasteiger partial charge in [0.15, 0.2) is 5.65 Å². The Morgan fingerprint density at radius 3 is 2.57 bits per heavy atom. The second-order valence-electron chi connectivity index (χ2n) is 6.58. The van der Waals surface area contributed by atoms with Crippen molar-refractivity contribution < 1.29 is 0 Å². The summed E-state index contributed by atoms with van der Waals surface area (Å²) < 4.78 is 3.98. The molecule has 0 aromatic carbocycles. The van der Waals surface area contributed by atoms with Gasteiger partial charge < -0.3 is 4.57 Å². The molecule has 5 nitrogen and oxygen atoms in total. The number of fused-ring (bicyclic) bond motifs is 1. The van der Waals surface area contributed by atoms with E-state index in [2.05, 4.69) is 49.2 Å². The number of rotatable bonds is 3. The van der Waals surface area contributed by atoms with Crippen LogP contribution < -0.4 is 5.49 Å². The Hall–Kier alpha value is -2.43. The lowest BCUT2D eigenvalue weighted by atomic mass is 10.2. The van der Waals surface area contributed by atoms with Gasteiger partial charge >= 0.3 is 0 Å². The molecule has 5 heteroatoms. The number of aryl methyl sites for hydroxylation is 2. The van der Waals surface area contributed by atoms with Gasteiger partial charge in [-0.1, -0.05) is 13.8 Å². The van der Waals surface area contributed by atoms with Crippen molar-refractivity contribution in [3.8, 4) is 5.82 Å². The van der Waals surface area contributed by atoms with Crippen LogP contribution in [-0.2, 0) is 6.54 Å². The minimum Gasteiger partial charge on any atom is -0.317 e. The number of hydrogen-bond acceptors (Lipinski definition) is 3. The summed E-state index contributed by atoms with van der Waals surface area (Å²) in [6.45, 7) is 11.3. The average molecular weight is 309 g/mol. The van der Waals surface area contributed by atoms with Gasteiger partial charge in [-0.2, -0.15) is 0 Å². The van der Waals surface area contributed by atoms with Gasteiger partial charge in [0.2, 0.25) is 0 Å². The number of nitrogens with zero attached hydrogens (tertiary/aromatic N) is 4. The van der Waals surface area contributed by atoms with Crippen LogP contribution in [0.3, 0.4) is 0 Å². The second-order valence-corrected chi connectivity index (χ2v) is 6.58. The van der Waals surface area contributed by atoms with Crippen LogP contribution in [0.15, 0.2) is 24.7 Å². The Bertz CT molecular complexity index is 930. The number of pyridine rings is 1. The largest absolute Gasteiger partial charge is 0.317 e. The highest BCUT2D eigenvalue weighted by Gasteiger charge is 2.17. The minimum atomic E-state index is 0.477. The van der Waals surface area contributed by atoms with Gasteiger partial charge in [0.1, 0.15) is 11.3 Å². The lowest BCUT2D eigenvalue weighted by Gasteiger charge is -2.11. The van der Waals surface area contributed by atoms with E-state index in [9.17, 15) is 0 Å². The molecule has 3 aromatic rings. The molecule has 0 saturated heterocycles. The molecule has 0 spiro atoms. The first-order valence-electron chi connectivity index (χ1n) is 7.94. The summed E-state index contributed by atoms with van der Waals surface area (Å²) in [5, 5.41) is 9.49. The molecule has 0 aliphatic carbocycles. The van der Waals surface area contributed by atoms with Gasteiger partial charge in [-0.05, 0) is 49.9 Å². The van der Waals surface area contributed by atoms with Gasteiger partial charge in [0.25, 0.3) is 0 Å². The van der Waals surface area contributed by atoms with E-state index in [1.807, 2.05) is 22.9 Å². The van der Waals surface area contributed by atoms with Crippen LogP contribution in [0.4, 0.5) is 0 Å². The predicted octanol–water partition coefficient (Wildman–Crippen LogP) is 3.28. The van der Waals surface area contributed by atoms with Crippen LogP contribution >= 0.6 is 0 Å². The highest BCUT2D eigenvalue weighted by Crippen LogP contribution is 2.24. The van der Waals surface area contributed by atoms with E-state index in [1.165, 1.54) is 0 Å². The quantitative estimate of drug-likeness (QED) is 0.807. The summed E-state index contributed by atoms with van der Waals surface area (Å²) in [4.78, 5) is 9.14. The molecule has 3 heterocycles. The minimum absolute atomic E-state index is 0.477. The van der Waals surface area contributed by atoms with Crippen molar-refractivity contribution in [2.45, 2.75) is 41.2 Å². The maximum absolute atomic E-state index is 8.58. The molecule has 0 unspecified atom stereocenters. The molecule has 23 heavy (non-hydrogen) atoms. The predicted molar refractivity (Wildman–Crippen MR) is 91.8 cm³/mol. The zero-order chi connectivity index (χ0) is 16.7. The molecule has 0 radical (unpaired) electrons. The Kier molecular flexibility index (Phi) is 3.80. The van der Waals surface area contributed by atoms with Gasteiger partial charge in [-0.15, -0.1) is 0 Å². The lowest BCUT2D eigenvalue weighted by Crippen LogP contribution is -2.23. The lowest BCUT2D eigenvalue weighted by molar-refractivity contribution is 0.501. The molecule has 0 aliphatic heterocycles. The second kappa shape index (κ2) is 5.65. The molecule has 120 valence electrons. The number of nitrogens with one attached hydrogen (secondary N) is 1. The highest BCUT2D eigenvalue weighted by atomic mass is 15.1. The van der Waals surface area contributed by atoms with Crippen LogP contribution in [0, 0.1) is 32.1 Å². The molecular weight excluding hydrogens is 286 g/mol. The summed E-state index contributed by atoms with van der Waals surface area (Å²) >= 11 is 0. The molecule has 0 saturated carbocycles. The highest BCUT2D eigenvalue weighted by molar-refractivity contribution is 5.82. The number of hydrogen-bond donors (Lipinski definition) is 1. The Labute approximate surface area is 136 Å². The maximum atomic E-state index is 8.58. The fourth-order valence-corrected chi connectivity index (χ4v) is 2.97. The average Bonchev–Trinajstić information content (AvgIpc) is 2.74. The van der Waals surface area contributed by atoms with Crippen molar-refractivity contribution in [1.29, 1.82) is 5.41 Å². The van der Waals surface area contributed by atoms with Crippen LogP contribution in [0.5, 0.6) is 0 Å². The van der Waals surface area contributed by atoms with Crippen molar-refractivity contribution in [3.05, 3.63) is 47.0 Å². The van der Waals surface area contributed by atoms with Gasteiger partial charge in [-0.3, -0.25) is 9.98 Å². The molecule has 3 rings (SSSR count). The third-order valence-corrected chi connectivity index (χ3v) is 4.22. The monoisotopic (exact) mass is 309 g/mol. The fourth-order valence-electron chi connectivity index (χ4n) is 2.97. The molecule has 1 N–H and O–H groups in total. The van der Waals surface area contributed by atoms with Crippen LogP contribution in [0.2, 0.25) is 0 Å². The van der Waals surface area contributed by atoms with E-state index in [0.29, 0.717) is 11.4 Å². The molecular formula is C18H23N5. The van der Waals surface area contributed by atoms with E-state index in [-0.39, 0.29) is 0 Å². The Balaban J connectivity index is 2.32. The molecule has 3 aromatic heterocycles. The third-order valence-electron chi connectivity index (χ3n) is 4.22. The third kappa shape index (κ3) is 2.56. The summed E-state index contributed by atoms with van der Waals surface area (Å²) in [5.74, 6) is 1.33. The zero-order valence-electron chi connectivity index (χ0n) is 14.4. The van der Waals surface area contributed by atoms with Crippen molar-refractivity contribution in [1.82, 2.24) is 19.1 Å². The van der Waals surface area contributed by atoms with E-state index in [0.717, 1.165) is 40.2 Å². The first kappa shape index (κ1) is 15.5. The summed E-state index contributed by atoms with van der Waals surface area (Å²) in [6.07, 6.45) is 3.59. The van der Waals surface area contributed by atoms with E-state index in [1.54, 1.807) is 6.33 Å². The fraction of sp³-hybridized carbons (Fsp3) is 0.389. The van der Waals surface area contributed by atoms with Crippen LogP contribution in [0.25, 0.3) is 16.9 Å². The molecule has 0 aliphatic rings. The van der Waals surface area contributed by atoms with Crippen molar-refractivity contribution >= 4 is 11.0 Å². The summed E-state index contributed by atoms with van der Waals surface area (Å²) in [6, 6.07) is 4.03. The van der Waals surface area contributed by atoms with Crippen molar-refractivity contribution in [2.24, 2.45) is 5.92 Å². The van der Waals surface area contributed by atoms with E-state index >= 15 is 0 Å². The molecule has 0 amide bonds.